The smallest absolute Gasteiger partial charge is 0.222 e. The van der Waals surface area contributed by atoms with Gasteiger partial charge in [0, 0.05) is 11.6 Å². The van der Waals surface area contributed by atoms with Gasteiger partial charge in [0.2, 0.25) is 0 Å². The Balaban J connectivity index is 2.40. The minimum Gasteiger partial charge on any atom is -0.222 e. The molecular formula is C12H8ClF3N2S. The van der Waals surface area contributed by atoms with E-state index in [1.54, 1.807) is 6.26 Å². The number of nitrogens with zero attached hydrogens (tertiary/aromatic N) is 2. The van der Waals surface area contributed by atoms with Crippen LogP contribution in [0.15, 0.2) is 35.5 Å². The van der Waals surface area contributed by atoms with Crippen molar-refractivity contribution in [3.63, 3.8) is 0 Å². The molecule has 0 N–H and O–H groups in total. The SMILES string of the molecule is CSc1nc(Cl)cc(-c2ccc(C(F)(F)F)cc2)n1. The van der Waals surface area contributed by atoms with Crippen LogP contribution in [0, 0.1) is 0 Å². The third-order valence-corrected chi connectivity index (χ3v) is 3.11. The lowest BCUT2D eigenvalue weighted by atomic mass is 10.1. The van der Waals surface area contributed by atoms with Gasteiger partial charge in [-0.2, -0.15) is 13.2 Å². The normalized spacial score (nSPS) is 11.6. The van der Waals surface area contributed by atoms with Crippen LogP contribution in [0.4, 0.5) is 13.2 Å². The van der Waals surface area contributed by atoms with Crippen LogP contribution < -0.4 is 0 Å². The summed E-state index contributed by atoms with van der Waals surface area (Å²) in [6.45, 7) is 0. The number of rotatable bonds is 2. The second kappa shape index (κ2) is 5.38. The van der Waals surface area contributed by atoms with Gasteiger partial charge in [-0.05, 0) is 18.4 Å². The molecule has 0 aliphatic heterocycles. The molecule has 1 aromatic carbocycles. The van der Waals surface area contributed by atoms with E-state index in [9.17, 15) is 13.2 Å². The Morgan fingerprint density at radius 1 is 1.11 bits per heavy atom. The molecule has 0 spiro atoms. The van der Waals surface area contributed by atoms with Crippen LogP contribution in [0.1, 0.15) is 5.56 Å². The summed E-state index contributed by atoms with van der Waals surface area (Å²) in [5.41, 5.74) is 0.368. The fourth-order valence-corrected chi connectivity index (χ4v) is 2.08. The predicted molar refractivity (Wildman–Crippen MR) is 69.3 cm³/mol. The highest BCUT2D eigenvalue weighted by molar-refractivity contribution is 7.98. The Labute approximate surface area is 117 Å². The predicted octanol–water partition coefficient (Wildman–Crippen LogP) is 4.54. The van der Waals surface area contributed by atoms with E-state index in [0.29, 0.717) is 16.4 Å². The standard InChI is InChI=1S/C12H8ClF3N2S/c1-19-11-17-9(6-10(13)18-11)7-2-4-8(5-3-7)12(14,15)16/h2-6H,1H3. The Morgan fingerprint density at radius 2 is 1.74 bits per heavy atom. The van der Waals surface area contributed by atoms with Crippen LogP contribution in [0.3, 0.4) is 0 Å². The maximum absolute atomic E-state index is 12.5. The number of thioether (sulfide) groups is 1. The number of hydrogen-bond donors (Lipinski definition) is 0. The van der Waals surface area contributed by atoms with Crippen molar-refractivity contribution >= 4 is 23.4 Å². The topological polar surface area (TPSA) is 25.8 Å². The summed E-state index contributed by atoms with van der Waals surface area (Å²) in [5, 5.41) is 0.733. The van der Waals surface area contributed by atoms with Crippen LogP contribution >= 0.6 is 23.4 Å². The molecule has 1 heterocycles. The molecule has 0 saturated carbocycles. The zero-order valence-electron chi connectivity index (χ0n) is 9.70. The first kappa shape index (κ1) is 14.1. The third kappa shape index (κ3) is 3.39. The molecule has 0 atom stereocenters. The molecule has 1 aromatic heterocycles. The molecule has 0 aliphatic rings. The fraction of sp³-hybridized carbons (Fsp3) is 0.167. The number of hydrogen-bond acceptors (Lipinski definition) is 3. The fourth-order valence-electron chi connectivity index (χ4n) is 1.47. The maximum atomic E-state index is 12.5. The van der Waals surface area contributed by atoms with Gasteiger partial charge < -0.3 is 0 Å². The average Bonchev–Trinajstić information content (AvgIpc) is 2.37. The van der Waals surface area contributed by atoms with E-state index < -0.39 is 11.7 Å². The highest BCUT2D eigenvalue weighted by atomic mass is 35.5. The Hall–Kier alpha value is -1.27. The second-order valence-electron chi connectivity index (χ2n) is 3.64. The molecule has 0 unspecified atom stereocenters. The van der Waals surface area contributed by atoms with Crippen molar-refractivity contribution in [2.75, 3.05) is 6.26 Å². The molecule has 100 valence electrons. The Bertz CT molecular complexity index is 585. The molecule has 2 rings (SSSR count). The molecule has 19 heavy (non-hydrogen) atoms. The van der Waals surface area contributed by atoms with Gasteiger partial charge in [0.25, 0.3) is 0 Å². The third-order valence-electron chi connectivity index (χ3n) is 2.36. The van der Waals surface area contributed by atoms with E-state index in [4.69, 9.17) is 11.6 Å². The van der Waals surface area contributed by atoms with Crippen molar-refractivity contribution in [3.8, 4) is 11.3 Å². The van der Waals surface area contributed by atoms with E-state index >= 15 is 0 Å². The van der Waals surface area contributed by atoms with Gasteiger partial charge in [-0.15, -0.1) is 0 Å². The van der Waals surface area contributed by atoms with Crippen molar-refractivity contribution in [2.24, 2.45) is 0 Å². The summed E-state index contributed by atoms with van der Waals surface area (Å²) < 4.78 is 37.4. The monoisotopic (exact) mass is 304 g/mol. The average molecular weight is 305 g/mol. The number of alkyl halides is 3. The van der Waals surface area contributed by atoms with Crippen LogP contribution in [-0.2, 0) is 6.18 Å². The molecule has 2 aromatic rings. The molecule has 2 nitrogen and oxygen atoms in total. The highest BCUT2D eigenvalue weighted by Crippen LogP contribution is 2.31. The number of benzene rings is 1. The lowest BCUT2D eigenvalue weighted by Gasteiger charge is -2.08. The van der Waals surface area contributed by atoms with Gasteiger partial charge in [-0.3, -0.25) is 0 Å². The largest absolute Gasteiger partial charge is 0.416 e. The first-order valence-electron chi connectivity index (χ1n) is 5.16. The molecule has 0 bridgehead atoms. The van der Waals surface area contributed by atoms with Crippen LogP contribution in [0.25, 0.3) is 11.3 Å². The van der Waals surface area contributed by atoms with E-state index in [1.165, 1.54) is 30.0 Å². The molecular weight excluding hydrogens is 297 g/mol. The van der Waals surface area contributed by atoms with Gasteiger partial charge in [0.1, 0.15) is 5.15 Å². The minimum atomic E-state index is -4.34. The van der Waals surface area contributed by atoms with Crippen molar-refractivity contribution < 1.29 is 13.2 Å². The number of halogens is 4. The molecule has 7 heteroatoms. The van der Waals surface area contributed by atoms with Crippen molar-refractivity contribution in [1.82, 2.24) is 9.97 Å². The zero-order chi connectivity index (χ0) is 14.0. The van der Waals surface area contributed by atoms with Gasteiger partial charge >= 0.3 is 6.18 Å². The van der Waals surface area contributed by atoms with Gasteiger partial charge in [0.15, 0.2) is 5.16 Å². The second-order valence-corrected chi connectivity index (χ2v) is 4.80. The summed E-state index contributed by atoms with van der Waals surface area (Å²) in [6.07, 6.45) is -2.55. The number of aromatic nitrogens is 2. The van der Waals surface area contributed by atoms with Crippen LogP contribution in [-0.4, -0.2) is 16.2 Å². The molecule has 0 aliphatic carbocycles. The van der Waals surface area contributed by atoms with Crippen LogP contribution in [0.2, 0.25) is 5.15 Å². The van der Waals surface area contributed by atoms with Crippen LogP contribution in [0.5, 0.6) is 0 Å². The van der Waals surface area contributed by atoms with Crippen molar-refractivity contribution in [3.05, 3.63) is 41.0 Å². The zero-order valence-corrected chi connectivity index (χ0v) is 11.3. The van der Waals surface area contributed by atoms with Gasteiger partial charge in [-0.25, -0.2) is 9.97 Å². The summed E-state index contributed by atoms with van der Waals surface area (Å²) in [5.74, 6) is 0. The first-order chi connectivity index (χ1) is 8.90. The van der Waals surface area contributed by atoms with Gasteiger partial charge in [-0.1, -0.05) is 35.5 Å². The van der Waals surface area contributed by atoms with Gasteiger partial charge in [0.05, 0.1) is 11.3 Å². The van der Waals surface area contributed by atoms with Crippen molar-refractivity contribution in [1.29, 1.82) is 0 Å². The quantitative estimate of drug-likeness (QED) is 0.463. The Kier molecular flexibility index (Phi) is 4.01. The molecule has 0 radical (unpaired) electrons. The highest BCUT2D eigenvalue weighted by Gasteiger charge is 2.30. The lowest BCUT2D eigenvalue weighted by Crippen LogP contribution is -2.04. The maximum Gasteiger partial charge on any atom is 0.416 e. The summed E-state index contributed by atoms with van der Waals surface area (Å²) in [4.78, 5) is 8.17. The van der Waals surface area contributed by atoms with E-state index in [-0.39, 0.29) is 5.15 Å². The van der Waals surface area contributed by atoms with E-state index in [1.807, 2.05) is 0 Å². The van der Waals surface area contributed by atoms with E-state index in [2.05, 4.69) is 9.97 Å². The summed E-state index contributed by atoms with van der Waals surface area (Å²) >= 11 is 7.15. The molecule has 0 amide bonds. The minimum absolute atomic E-state index is 0.259. The summed E-state index contributed by atoms with van der Waals surface area (Å²) in [6, 6.07) is 6.29. The molecule has 0 saturated heterocycles. The summed E-state index contributed by atoms with van der Waals surface area (Å²) in [7, 11) is 0. The lowest BCUT2D eigenvalue weighted by molar-refractivity contribution is -0.137. The van der Waals surface area contributed by atoms with E-state index in [0.717, 1.165) is 12.1 Å². The van der Waals surface area contributed by atoms with Crippen molar-refractivity contribution in [2.45, 2.75) is 11.3 Å². The first-order valence-corrected chi connectivity index (χ1v) is 6.76. The Morgan fingerprint density at radius 3 is 2.26 bits per heavy atom. The molecule has 0 fully saturated rings.